The van der Waals surface area contributed by atoms with E-state index < -0.39 is 0 Å². The van der Waals surface area contributed by atoms with Gasteiger partial charge in [-0.15, -0.1) is 0 Å². The molecule has 52 valence electrons. The van der Waals surface area contributed by atoms with E-state index >= 15 is 0 Å². The molecule has 1 heterocycles. The van der Waals surface area contributed by atoms with Crippen LogP contribution in [0.4, 0.5) is 0 Å². The molecular weight excluding hydrogens is 225 g/mol. The van der Waals surface area contributed by atoms with E-state index in [1.165, 1.54) is 18.4 Å². The van der Waals surface area contributed by atoms with Crippen molar-refractivity contribution in [3.05, 3.63) is 11.8 Å². The van der Waals surface area contributed by atoms with Gasteiger partial charge in [0.1, 0.15) is 13.3 Å². The molecule has 0 spiro atoms. The van der Waals surface area contributed by atoms with Crippen molar-refractivity contribution in [2.75, 3.05) is 7.05 Å². The summed E-state index contributed by atoms with van der Waals surface area (Å²) in [6.45, 7) is 2.17. The van der Waals surface area contributed by atoms with Crippen LogP contribution in [-0.4, -0.2) is 17.8 Å². The number of hydrogen-bond acceptors (Lipinski definition) is 0. The van der Waals surface area contributed by atoms with Crippen LogP contribution < -0.4 is 24.0 Å². The Balaban J connectivity index is 0.000000640. The minimum Gasteiger partial charge on any atom is -1.00 e. The predicted octanol–water partition coefficient (Wildman–Crippen LogP) is -1.60. The summed E-state index contributed by atoms with van der Waals surface area (Å²) in [6, 6.07) is 0. The number of halogens is 1. The first kappa shape index (κ1) is 9.14. The zero-order chi connectivity index (χ0) is 5.98. The molecule has 0 aromatic rings. The van der Waals surface area contributed by atoms with E-state index in [4.69, 9.17) is 0 Å². The number of allylic oxidation sites excluding steroid dienone is 1. The molecule has 0 radical (unpaired) electrons. The molecule has 0 aromatic carbocycles. The third kappa shape index (κ3) is 2.98. The van der Waals surface area contributed by atoms with Crippen LogP contribution in [0.15, 0.2) is 11.8 Å². The topological polar surface area (TPSA) is 3.01 Å². The van der Waals surface area contributed by atoms with Crippen molar-refractivity contribution in [1.82, 2.24) is 0 Å². The first-order chi connectivity index (χ1) is 3.79. The quantitative estimate of drug-likeness (QED) is 0.352. The molecule has 1 rings (SSSR count). The molecule has 0 aliphatic carbocycles. The summed E-state index contributed by atoms with van der Waals surface area (Å²) in [5.41, 5.74) is 1.48. The van der Waals surface area contributed by atoms with Crippen molar-refractivity contribution >= 4 is 6.21 Å². The van der Waals surface area contributed by atoms with Gasteiger partial charge in [0, 0.05) is 6.42 Å². The molecular formula is C7H12IN. The average Bonchev–Trinajstić information content (AvgIpc) is 1.64. The Hall–Kier alpha value is 0.140. The van der Waals surface area contributed by atoms with Crippen molar-refractivity contribution in [2.24, 2.45) is 0 Å². The second-order valence-corrected chi connectivity index (χ2v) is 2.36. The summed E-state index contributed by atoms with van der Waals surface area (Å²) >= 11 is 0. The molecule has 0 N–H and O–H groups in total. The highest BCUT2D eigenvalue weighted by molar-refractivity contribution is 5.53. The normalized spacial score (nSPS) is 17.6. The summed E-state index contributed by atoms with van der Waals surface area (Å²) in [5.74, 6) is 0. The van der Waals surface area contributed by atoms with Crippen molar-refractivity contribution in [1.29, 1.82) is 0 Å². The molecule has 0 aromatic heterocycles. The SMILES string of the molecule is CC1=C[N+](C)=CCC1.[I-]. The lowest BCUT2D eigenvalue weighted by molar-refractivity contribution is -0.421. The lowest BCUT2D eigenvalue weighted by Crippen LogP contribution is -3.00. The van der Waals surface area contributed by atoms with Crippen LogP contribution in [0.3, 0.4) is 0 Å². The third-order valence-electron chi connectivity index (χ3n) is 1.38. The highest BCUT2D eigenvalue weighted by atomic mass is 127. The highest BCUT2D eigenvalue weighted by Crippen LogP contribution is 2.05. The largest absolute Gasteiger partial charge is 1.00 e. The fourth-order valence-electron chi connectivity index (χ4n) is 0.961. The van der Waals surface area contributed by atoms with E-state index in [1.54, 1.807) is 0 Å². The van der Waals surface area contributed by atoms with Crippen LogP contribution >= 0.6 is 0 Å². The Morgan fingerprint density at radius 3 is 2.56 bits per heavy atom. The van der Waals surface area contributed by atoms with Gasteiger partial charge in [0.05, 0.1) is 0 Å². The molecule has 1 aliphatic rings. The van der Waals surface area contributed by atoms with Crippen molar-refractivity contribution < 1.29 is 28.6 Å². The predicted molar refractivity (Wildman–Crippen MR) is 35.2 cm³/mol. The van der Waals surface area contributed by atoms with Gasteiger partial charge in [-0.25, -0.2) is 4.58 Å². The summed E-state index contributed by atoms with van der Waals surface area (Å²) < 4.78 is 2.12. The highest BCUT2D eigenvalue weighted by Gasteiger charge is 2.00. The van der Waals surface area contributed by atoms with E-state index in [0.29, 0.717) is 0 Å². The second kappa shape index (κ2) is 4.04. The number of rotatable bonds is 0. The molecule has 0 bridgehead atoms. The molecule has 1 nitrogen and oxygen atoms in total. The van der Waals surface area contributed by atoms with E-state index in [2.05, 4.69) is 31.0 Å². The van der Waals surface area contributed by atoms with Crippen molar-refractivity contribution in [3.8, 4) is 0 Å². The van der Waals surface area contributed by atoms with Gasteiger partial charge in [0.2, 0.25) is 0 Å². The molecule has 0 amide bonds. The summed E-state index contributed by atoms with van der Waals surface area (Å²) in [4.78, 5) is 0. The Kier molecular flexibility index (Phi) is 4.10. The first-order valence-corrected chi connectivity index (χ1v) is 3.01. The van der Waals surface area contributed by atoms with E-state index in [1.807, 2.05) is 0 Å². The minimum absolute atomic E-state index is 0. The fraction of sp³-hybridized carbons (Fsp3) is 0.571. The maximum Gasteiger partial charge on any atom is 0.167 e. The molecule has 1 aliphatic heterocycles. The smallest absolute Gasteiger partial charge is 0.167 e. The Labute approximate surface area is 73.5 Å². The van der Waals surface area contributed by atoms with Crippen molar-refractivity contribution in [2.45, 2.75) is 19.8 Å². The van der Waals surface area contributed by atoms with Gasteiger partial charge >= 0.3 is 0 Å². The van der Waals surface area contributed by atoms with Crippen molar-refractivity contribution in [3.63, 3.8) is 0 Å². The Bertz CT molecular complexity index is 147. The molecule has 2 heteroatoms. The first-order valence-electron chi connectivity index (χ1n) is 3.01. The van der Waals surface area contributed by atoms with Gasteiger partial charge in [-0.2, -0.15) is 0 Å². The summed E-state index contributed by atoms with van der Waals surface area (Å²) in [6.07, 6.45) is 6.82. The van der Waals surface area contributed by atoms with E-state index in [9.17, 15) is 0 Å². The Morgan fingerprint density at radius 1 is 1.56 bits per heavy atom. The van der Waals surface area contributed by atoms with Gasteiger partial charge in [0.15, 0.2) is 6.20 Å². The summed E-state index contributed by atoms with van der Waals surface area (Å²) in [7, 11) is 2.07. The molecule has 0 saturated carbocycles. The number of hydrogen-bond donors (Lipinski definition) is 0. The minimum atomic E-state index is 0. The molecule has 0 saturated heterocycles. The van der Waals surface area contributed by atoms with Gasteiger partial charge < -0.3 is 24.0 Å². The zero-order valence-corrected chi connectivity index (χ0v) is 8.05. The monoisotopic (exact) mass is 237 g/mol. The number of nitrogens with zero attached hydrogens (tertiary/aromatic N) is 1. The zero-order valence-electron chi connectivity index (χ0n) is 5.89. The van der Waals surface area contributed by atoms with Crippen LogP contribution in [0.2, 0.25) is 0 Å². The average molecular weight is 237 g/mol. The molecule has 0 atom stereocenters. The maximum atomic E-state index is 2.20. The van der Waals surface area contributed by atoms with Gasteiger partial charge in [-0.1, -0.05) is 0 Å². The maximum absolute atomic E-state index is 2.20. The molecule has 0 unspecified atom stereocenters. The summed E-state index contributed by atoms with van der Waals surface area (Å²) in [5, 5.41) is 0. The van der Waals surface area contributed by atoms with E-state index in [0.717, 1.165) is 0 Å². The Morgan fingerprint density at radius 2 is 2.22 bits per heavy atom. The van der Waals surface area contributed by atoms with Crippen LogP contribution in [0, 0.1) is 0 Å². The van der Waals surface area contributed by atoms with Crippen LogP contribution in [0.1, 0.15) is 19.8 Å². The van der Waals surface area contributed by atoms with Gasteiger partial charge in [-0.05, 0) is 18.9 Å². The van der Waals surface area contributed by atoms with E-state index in [-0.39, 0.29) is 24.0 Å². The molecule has 9 heavy (non-hydrogen) atoms. The lowest BCUT2D eigenvalue weighted by atomic mass is 10.1. The fourth-order valence-corrected chi connectivity index (χ4v) is 0.961. The van der Waals surface area contributed by atoms with Crippen LogP contribution in [0.25, 0.3) is 0 Å². The van der Waals surface area contributed by atoms with Gasteiger partial charge in [-0.3, -0.25) is 0 Å². The third-order valence-corrected chi connectivity index (χ3v) is 1.38. The second-order valence-electron chi connectivity index (χ2n) is 2.36. The molecule has 0 fully saturated rings. The standard InChI is InChI=1S/C7H12N.HI/c1-7-4-3-5-8(2)6-7;/h5-6H,3-4H2,1-2H3;1H/q+1;/p-1. The van der Waals surface area contributed by atoms with Crippen LogP contribution in [-0.2, 0) is 0 Å². The van der Waals surface area contributed by atoms with Gasteiger partial charge in [0.25, 0.3) is 0 Å². The lowest BCUT2D eigenvalue weighted by Gasteiger charge is -1.99. The van der Waals surface area contributed by atoms with Crippen LogP contribution in [0.5, 0.6) is 0 Å².